The summed E-state index contributed by atoms with van der Waals surface area (Å²) in [5, 5.41) is 3.63. The number of nitrogens with zero attached hydrogens (tertiary/aromatic N) is 1. The molecule has 0 atom stereocenters. The van der Waals surface area contributed by atoms with Gasteiger partial charge in [-0.25, -0.2) is 0 Å². The number of ketones is 2. The lowest BCUT2D eigenvalue weighted by molar-refractivity contribution is -0.0541. The van der Waals surface area contributed by atoms with E-state index in [4.69, 9.17) is 11.6 Å². The van der Waals surface area contributed by atoms with Crippen LogP contribution in [0.1, 0.15) is 32.7 Å². The molecule has 4 rings (SSSR count). The van der Waals surface area contributed by atoms with Gasteiger partial charge in [-0.1, -0.05) is 58.9 Å². The molecule has 13 heteroatoms. The van der Waals surface area contributed by atoms with Crippen molar-refractivity contribution in [3.05, 3.63) is 125 Å². The molecule has 0 amide bonds. The number of hydrogen-bond acceptors (Lipinski definition) is 8. The standard InChI is InChI=1S/C30H21ClF3NO5S3/c31-23-10-16-24(17-11-23)41-19-18-27(35-40-43(38,39)30(32,33)34)29(37)22-8-14-26(15-9-22)42-25-12-6-21(7-13-25)28(36)20-4-2-1-3-5-20/h1-17H,18-19H2. The summed E-state index contributed by atoms with van der Waals surface area (Å²) in [7, 11) is -6.04. The second-order valence-corrected chi connectivity index (χ2v) is 13.0. The van der Waals surface area contributed by atoms with E-state index in [9.17, 15) is 31.2 Å². The molecule has 43 heavy (non-hydrogen) atoms. The van der Waals surface area contributed by atoms with Crippen molar-refractivity contribution in [2.75, 3.05) is 5.75 Å². The normalized spacial score (nSPS) is 12.1. The highest BCUT2D eigenvalue weighted by Crippen LogP contribution is 2.29. The van der Waals surface area contributed by atoms with Crippen LogP contribution in [0.3, 0.4) is 0 Å². The highest BCUT2D eigenvalue weighted by atomic mass is 35.5. The van der Waals surface area contributed by atoms with Gasteiger partial charge >= 0.3 is 15.6 Å². The van der Waals surface area contributed by atoms with E-state index < -0.39 is 27.1 Å². The van der Waals surface area contributed by atoms with Gasteiger partial charge in [-0.2, -0.15) is 21.6 Å². The van der Waals surface area contributed by atoms with Gasteiger partial charge in [-0.05, 0) is 72.8 Å². The first-order chi connectivity index (χ1) is 20.4. The monoisotopic (exact) mass is 663 g/mol. The predicted molar refractivity (Wildman–Crippen MR) is 161 cm³/mol. The summed E-state index contributed by atoms with van der Waals surface area (Å²) in [5.41, 5.74) is -5.00. The molecule has 4 aromatic rings. The maximum Gasteiger partial charge on any atom is 0.536 e. The van der Waals surface area contributed by atoms with Gasteiger partial charge in [0.2, 0.25) is 5.78 Å². The van der Waals surface area contributed by atoms with Crippen LogP contribution < -0.4 is 0 Å². The fraction of sp³-hybridized carbons (Fsp3) is 0.100. The van der Waals surface area contributed by atoms with Crippen molar-refractivity contribution in [3.63, 3.8) is 0 Å². The lowest BCUT2D eigenvalue weighted by Crippen LogP contribution is -2.25. The van der Waals surface area contributed by atoms with Crippen molar-refractivity contribution in [2.24, 2.45) is 5.16 Å². The van der Waals surface area contributed by atoms with Crippen LogP contribution in [0, 0.1) is 0 Å². The number of benzene rings is 4. The first-order valence-corrected chi connectivity index (χ1v) is 16.0. The summed E-state index contributed by atoms with van der Waals surface area (Å²) in [6.45, 7) is 0. The summed E-state index contributed by atoms with van der Waals surface area (Å²) in [4.78, 5) is 28.1. The molecule has 0 aliphatic rings. The van der Waals surface area contributed by atoms with Crippen molar-refractivity contribution in [1.82, 2.24) is 0 Å². The number of Topliss-reactive ketones (excluding diaryl/α,β-unsaturated/α-hetero) is 1. The smallest absolute Gasteiger partial charge is 0.289 e. The van der Waals surface area contributed by atoms with Gasteiger partial charge in [0.05, 0.1) is 0 Å². The maximum atomic E-state index is 13.1. The van der Waals surface area contributed by atoms with Gasteiger partial charge in [0.25, 0.3) is 0 Å². The molecule has 0 saturated carbocycles. The number of hydrogen-bond donors (Lipinski definition) is 0. The van der Waals surface area contributed by atoms with E-state index >= 15 is 0 Å². The molecule has 0 unspecified atom stereocenters. The first kappa shape index (κ1) is 32.3. The molecule has 0 aliphatic heterocycles. The summed E-state index contributed by atoms with van der Waals surface area (Å²) >= 11 is 8.51. The molecular weight excluding hydrogens is 643 g/mol. The maximum absolute atomic E-state index is 13.1. The van der Waals surface area contributed by atoms with Gasteiger partial charge in [0.15, 0.2) is 5.78 Å². The molecule has 0 bridgehead atoms. The number of rotatable bonds is 12. The highest BCUT2D eigenvalue weighted by molar-refractivity contribution is 7.99. The van der Waals surface area contributed by atoms with Crippen LogP contribution in [0.25, 0.3) is 0 Å². The van der Waals surface area contributed by atoms with Gasteiger partial charge in [0, 0.05) is 48.6 Å². The number of oxime groups is 1. The van der Waals surface area contributed by atoms with Crippen LogP contribution in [0.5, 0.6) is 0 Å². The van der Waals surface area contributed by atoms with Crippen LogP contribution >= 0.6 is 35.1 Å². The van der Waals surface area contributed by atoms with Gasteiger partial charge < -0.3 is 0 Å². The molecule has 0 saturated heterocycles. The zero-order chi connectivity index (χ0) is 31.0. The quantitative estimate of drug-likeness (QED) is 0.0495. The second-order valence-electron chi connectivity index (χ2n) is 8.74. The number of halogens is 4. The minimum absolute atomic E-state index is 0.0800. The number of thioether (sulfide) groups is 1. The third kappa shape index (κ3) is 8.96. The second kappa shape index (κ2) is 14.3. The Hall–Kier alpha value is -3.58. The van der Waals surface area contributed by atoms with Gasteiger partial charge in [-0.3, -0.25) is 13.9 Å². The summed E-state index contributed by atoms with van der Waals surface area (Å²) < 4.78 is 64.9. The number of alkyl halides is 3. The summed E-state index contributed by atoms with van der Waals surface area (Å²) in [6, 6.07) is 28.8. The Morgan fingerprint density at radius 2 is 1.26 bits per heavy atom. The Labute approximate surface area is 259 Å². The Balaban J connectivity index is 1.45. The molecule has 6 nitrogen and oxygen atoms in total. The average Bonchev–Trinajstić information content (AvgIpc) is 3.00. The molecule has 0 aliphatic carbocycles. The van der Waals surface area contributed by atoms with Crippen LogP contribution in [-0.2, 0) is 14.4 Å². The minimum Gasteiger partial charge on any atom is -0.289 e. The topological polar surface area (TPSA) is 89.9 Å². The highest BCUT2D eigenvalue weighted by Gasteiger charge is 2.49. The lowest BCUT2D eigenvalue weighted by Gasteiger charge is -2.09. The summed E-state index contributed by atoms with van der Waals surface area (Å²) in [5.74, 6) is -0.691. The van der Waals surface area contributed by atoms with Crippen molar-refractivity contribution in [2.45, 2.75) is 26.6 Å². The van der Waals surface area contributed by atoms with E-state index in [2.05, 4.69) is 9.44 Å². The third-order valence-electron chi connectivity index (χ3n) is 5.72. The number of carbonyl (C=O) groups is 2. The van der Waals surface area contributed by atoms with Crippen molar-refractivity contribution >= 4 is 62.5 Å². The molecular formula is C30H21ClF3NO5S3. The van der Waals surface area contributed by atoms with E-state index in [-0.39, 0.29) is 23.5 Å². The Morgan fingerprint density at radius 3 is 1.81 bits per heavy atom. The lowest BCUT2D eigenvalue weighted by atomic mass is 10.0. The van der Waals surface area contributed by atoms with Crippen LogP contribution in [0.2, 0.25) is 5.02 Å². The van der Waals surface area contributed by atoms with Gasteiger partial charge in [-0.15, -0.1) is 11.8 Å². The summed E-state index contributed by atoms with van der Waals surface area (Å²) in [6.07, 6.45) is -0.177. The Kier molecular flexibility index (Phi) is 10.7. The fourth-order valence-corrected chi connectivity index (χ4v) is 5.62. The number of carbonyl (C=O) groups excluding carboxylic acids is 2. The van der Waals surface area contributed by atoms with E-state index in [1.165, 1.54) is 35.7 Å². The molecule has 0 N–H and O–H groups in total. The molecule has 0 aromatic heterocycles. The van der Waals surface area contributed by atoms with Gasteiger partial charge in [0.1, 0.15) is 5.71 Å². The Morgan fingerprint density at radius 1 is 0.744 bits per heavy atom. The molecule has 0 radical (unpaired) electrons. The predicted octanol–water partition coefficient (Wildman–Crippen LogP) is 8.31. The molecule has 0 fully saturated rings. The van der Waals surface area contributed by atoms with E-state index in [1.807, 2.05) is 6.07 Å². The van der Waals surface area contributed by atoms with Crippen molar-refractivity contribution in [1.29, 1.82) is 0 Å². The fourth-order valence-electron chi connectivity index (χ4n) is 3.54. The molecule has 222 valence electrons. The Bertz CT molecular complexity index is 1710. The van der Waals surface area contributed by atoms with Crippen LogP contribution in [-0.4, -0.2) is 37.0 Å². The zero-order valence-corrected chi connectivity index (χ0v) is 25.2. The first-order valence-electron chi connectivity index (χ1n) is 12.4. The zero-order valence-electron chi connectivity index (χ0n) is 22.0. The SMILES string of the molecule is O=C(C(CCSc1ccc(Cl)cc1)=NOS(=O)(=O)C(F)(F)F)c1ccc(Sc2ccc(C(=O)c3ccccc3)cc2)cc1. The minimum atomic E-state index is -6.04. The van der Waals surface area contributed by atoms with Crippen LogP contribution in [0.15, 0.2) is 123 Å². The third-order valence-corrected chi connectivity index (χ3v) is 8.84. The molecule has 0 spiro atoms. The average molecular weight is 664 g/mol. The van der Waals surface area contributed by atoms with Crippen molar-refractivity contribution < 1.29 is 35.5 Å². The van der Waals surface area contributed by atoms with Crippen molar-refractivity contribution in [3.8, 4) is 0 Å². The van der Waals surface area contributed by atoms with E-state index in [1.54, 1.807) is 84.9 Å². The largest absolute Gasteiger partial charge is 0.536 e. The van der Waals surface area contributed by atoms with E-state index in [0.717, 1.165) is 14.7 Å². The van der Waals surface area contributed by atoms with Crippen LogP contribution in [0.4, 0.5) is 13.2 Å². The molecule has 4 aromatic carbocycles. The van der Waals surface area contributed by atoms with E-state index in [0.29, 0.717) is 16.1 Å². The molecule has 0 heterocycles.